The molecule has 2 aromatic rings. The predicted molar refractivity (Wildman–Crippen MR) is 109 cm³/mol. The van der Waals surface area contributed by atoms with Crippen LogP contribution in [0, 0.1) is 15.5 Å². The molecule has 2 aromatic carbocycles. The second-order valence-corrected chi connectivity index (χ2v) is 7.60. The largest absolute Gasteiger partial charge is 0.510 e. The fourth-order valence-corrected chi connectivity index (χ4v) is 2.61. The lowest BCUT2D eigenvalue weighted by Gasteiger charge is -2.23. The quantitative estimate of drug-likeness (QED) is 0.238. The van der Waals surface area contributed by atoms with E-state index in [4.69, 9.17) is 14.2 Å². The molecule has 168 valence electrons. The van der Waals surface area contributed by atoms with Gasteiger partial charge in [-0.3, -0.25) is 9.63 Å². The summed E-state index contributed by atoms with van der Waals surface area (Å²) in [6.07, 6.45) is -2.43. The van der Waals surface area contributed by atoms with Crippen LogP contribution in [0.3, 0.4) is 0 Å². The Kier molecular flexibility index (Phi) is 8.00. The summed E-state index contributed by atoms with van der Waals surface area (Å²) >= 11 is 0. The molecule has 1 unspecified atom stereocenters. The SMILES string of the molecule is COc1ccc2cc(CC(=O)OCC(C)(C)COC(=O)OC(C)O[N+](=O)[O-])ccc2c1. The van der Waals surface area contributed by atoms with E-state index in [2.05, 4.69) is 9.57 Å². The molecule has 0 aliphatic carbocycles. The molecule has 0 saturated heterocycles. The van der Waals surface area contributed by atoms with Gasteiger partial charge >= 0.3 is 12.1 Å². The van der Waals surface area contributed by atoms with E-state index in [9.17, 15) is 19.7 Å². The summed E-state index contributed by atoms with van der Waals surface area (Å²) in [5, 5.41) is 11.1. The lowest BCUT2D eigenvalue weighted by molar-refractivity contribution is -0.777. The number of nitrogens with zero attached hydrogens (tertiary/aromatic N) is 1. The van der Waals surface area contributed by atoms with Crippen LogP contribution in [0.2, 0.25) is 0 Å². The van der Waals surface area contributed by atoms with Gasteiger partial charge in [-0.2, -0.15) is 0 Å². The van der Waals surface area contributed by atoms with Crippen molar-refractivity contribution in [1.29, 1.82) is 0 Å². The van der Waals surface area contributed by atoms with Crippen molar-refractivity contribution in [3.63, 3.8) is 0 Å². The third-order valence-electron chi connectivity index (χ3n) is 4.16. The van der Waals surface area contributed by atoms with Gasteiger partial charge in [-0.25, -0.2) is 4.79 Å². The van der Waals surface area contributed by atoms with E-state index < -0.39 is 28.9 Å². The van der Waals surface area contributed by atoms with Crippen molar-refractivity contribution in [2.75, 3.05) is 20.3 Å². The van der Waals surface area contributed by atoms with E-state index in [1.807, 2.05) is 36.4 Å². The van der Waals surface area contributed by atoms with E-state index in [0.717, 1.165) is 22.1 Å². The predicted octanol–water partition coefficient (Wildman–Crippen LogP) is 3.67. The first-order valence-corrected chi connectivity index (χ1v) is 9.45. The van der Waals surface area contributed by atoms with Gasteiger partial charge in [-0.1, -0.05) is 38.1 Å². The highest BCUT2D eigenvalue weighted by atomic mass is 17.0. The zero-order chi connectivity index (χ0) is 23.0. The normalized spacial score (nSPS) is 12.0. The monoisotopic (exact) mass is 435 g/mol. The van der Waals surface area contributed by atoms with Gasteiger partial charge in [0, 0.05) is 5.41 Å². The molecule has 0 heterocycles. The molecule has 0 spiro atoms. The molecule has 0 aliphatic heterocycles. The Morgan fingerprint density at radius 2 is 1.71 bits per heavy atom. The van der Waals surface area contributed by atoms with Crippen LogP contribution >= 0.6 is 0 Å². The molecule has 10 nitrogen and oxygen atoms in total. The Labute approximate surface area is 179 Å². The summed E-state index contributed by atoms with van der Waals surface area (Å²) in [5.74, 6) is 0.337. The molecule has 0 bridgehead atoms. The molecule has 1 atom stereocenters. The van der Waals surface area contributed by atoms with E-state index in [1.54, 1.807) is 21.0 Å². The fourth-order valence-electron chi connectivity index (χ4n) is 2.61. The molecular weight excluding hydrogens is 410 g/mol. The Morgan fingerprint density at radius 3 is 2.39 bits per heavy atom. The molecule has 2 rings (SSSR count). The molecule has 10 heteroatoms. The van der Waals surface area contributed by atoms with Crippen LogP contribution in [0.1, 0.15) is 26.3 Å². The van der Waals surface area contributed by atoms with Crippen LogP contribution in [-0.4, -0.2) is 43.8 Å². The first-order chi connectivity index (χ1) is 14.6. The Morgan fingerprint density at radius 1 is 1.06 bits per heavy atom. The summed E-state index contributed by atoms with van der Waals surface area (Å²) in [6.45, 7) is 4.52. The van der Waals surface area contributed by atoms with Crippen molar-refractivity contribution in [3.8, 4) is 5.75 Å². The van der Waals surface area contributed by atoms with Crippen molar-refractivity contribution in [2.24, 2.45) is 5.41 Å². The molecule has 0 radical (unpaired) electrons. The summed E-state index contributed by atoms with van der Waals surface area (Å²) in [5.41, 5.74) is 0.113. The lowest BCUT2D eigenvalue weighted by atomic mass is 9.96. The number of hydrogen-bond acceptors (Lipinski definition) is 9. The number of rotatable bonds is 10. The van der Waals surface area contributed by atoms with Crippen LogP contribution in [0.5, 0.6) is 5.75 Å². The van der Waals surface area contributed by atoms with Gasteiger partial charge < -0.3 is 18.9 Å². The summed E-state index contributed by atoms with van der Waals surface area (Å²) in [7, 11) is 1.60. The maximum absolute atomic E-state index is 12.2. The van der Waals surface area contributed by atoms with Gasteiger partial charge in [0.15, 0.2) is 0 Å². The van der Waals surface area contributed by atoms with Crippen LogP contribution < -0.4 is 4.74 Å². The lowest BCUT2D eigenvalue weighted by Crippen LogP contribution is -2.30. The smallest absolute Gasteiger partial charge is 0.497 e. The maximum atomic E-state index is 12.2. The fraction of sp³-hybridized carbons (Fsp3) is 0.429. The summed E-state index contributed by atoms with van der Waals surface area (Å²) in [4.78, 5) is 38.0. The number of carbonyl (C=O) groups excluding carboxylic acids is 2. The van der Waals surface area contributed by atoms with E-state index >= 15 is 0 Å². The highest BCUT2D eigenvalue weighted by molar-refractivity contribution is 5.85. The minimum Gasteiger partial charge on any atom is -0.497 e. The van der Waals surface area contributed by atoms with E-state index in [-0.39, 0.29) is 19.6 Å². The highest BCUT2D eigenvalue weighted by Gasteiger charge is 2.24. The molecule has 0 amide bonds. The summed E-state index contributed by atoms with van der Waals surface area (Å²) < 4.78 is 20.0. The summed E-state index contributed by atoms with van der Waals surface area (Å²) in [6, 6.07) is 11.3. The zero-order valence-electron chi connectivity index (χ0n) is 17.8. The highest BCUT2D eigenvalue weighted by Crippen LogP contribution is 2.22. The maximum Gasteiger partial charge on any atom is 0.510 e. The second-order valence-electron chi connectivity index (χ2n) is 7.60. The van der Waals surface area contributed by atoms with E-state index in [1.165, 1.54) is 6.92 Å². The van der Waals surface area contributed by atoms with Crippen molar-refractivity contribution in [1.82, 2.24) is 0 Å². The van der Waals surface area contributed by atoms with Gasteiger partial charge in [0.2, 0.25) is 6.29 Å². The molecule has 31 heavy (non-hydrogen) atoms. The van der Waals surface area contributed by atoms with Crippen LogP contribution in [0.15, 0.2) is 36.4 Å². The number of esters is 1. The standard InChI is InChI=1S/C21H25NO9/c1-14(31-22(25)26)30-20(24)29-13-21(2,3)12-28-19(23)10-15-5-6-17-11-18(27-4)8-7-16(17)9-15/h5-9,11,14H,10,12-13H2,1-4H3. The van der Waals surface area contributed by atoms with Gasteiger partial charge in [0.05, 0.1) is 20.1 Å². The van der Waals surface area contributed by atoms with Crippen LogP contribution in [-0.2, 0) is 30.3 Å². The van der Waals surface area contributed by atoms with Gasteiger partial charge in [0.1, 0.15) is 12.4 Å². The van der Waals surface area contributed by atoms with Crippen LogP contribution in [0.25, 0.3) is 10.8 Å². The third-order valence-corrected chi connectivity index (χ3v) is 4.16. The average Bonchev–Trinajstić information content (AvgIpc) is 2.70. The Hall–Kier alpha value is -3.56. The number of benzene rings is 2. The second kappa shape index (κ2) is 10.5. The molecule has 0 fully saturated rings. The minimum absolute atomic E-state index is 0.00481. The number of hydrogen-bond donors (Lipinski definition) is 0. The minimum atomic E-state index is -1.40. The number of fused-ring (bicyclic) bond motifs is 1. The number of carbonyl (C=O) groups is 2. The van der Waals surface area contributed by atoms with Gasteiger partial charge in [-0.15, -0.1) is 10.1 Å². The molecule has 0 saturated carbocycles. The third kappa shape index (κ3) is 8.00. The molecule has 0 N–H and O–H groups in total. The van der Waals surface area contributed by atoms with E-state index in [0.29, 0.717) is 0 Å². The van der Waals surface area contributed by atoms with Gasteiger partial charge in [0.25, 0.3) is 5.09 Å². The van der Waals surface area contributed by atoms with Crippen molar-refractivity contribution in [2.45, 2.75) is 33.5 Å². The number of methoxy groups -OCH3 is 1. The van der Waals surface area contributed by atoms with Crippen molar-refractivity contribution >= 4 is 22.9 Å². The van der Waals surface area contributed by atoms with Crippen molar-refractivity contribution in [3.05, 3.63) is 52.1 Å². The Bertz CT molecular complexity index is 942. The first kappa shape index (κ1) is 23.7. The average molecular weight is 435 g/mol. The number of ether oxygens (including phenoxy) is 4. The first-order valence-electron chi connectivity index (χ1n) is 9.45. The zero-order valence-corrected chi connectivity index (χ0v) is 17.8. The van der Waals surface area contributed by atoms with Crippen LogP contribution in [0.4, 0.5) is 4.79 Å². The topological polar surface area (TPSA) is 123 Å². The molecule has 0 aliphatic rings. The van der Waals surface area contributed by atoms with Gasteiger partial charge in [-0.05, 0) is 35.4 Å². The molecule has 0 aromatic heterocycles. The Balaban J connectivity index is 1.80. The van der Waals surface area contributed by atoms with Crippen molar-refractivity contribution < 1.29 is 38.5 Å². The molecular formula is C21H25NO9.